The molecular weight excluding hydrogens is 222 g/mol. The zero-order valence-corrected chi connectivity index (χ0v) is 12.4. The van der Waals surface area contributed by atoms with E-state index >= 15 is 0 Å². The second-order valence-electron chi connectivity index (χ2n) is 5.16. The average molecular weight is 249 g/mol. The van der Waals surface area contributed by atoms with E-state index in [1.165, 1.54) is 24.0 Å². The summed E-state index contributed by atoms with van der Waals surface area (Å²) in [6.45, 7) is 7.71. The summed E-state index contributed by atoms with van der Waals surface area (Å²) in [6.07, 6.45) is 2.51. The van der Waals surface area contributed by atoms with Crippen molar-refractivity contribution in [3.8, 4) is 5.75 Å². The van der Waals surface area contributed by atoms with Crippen molar-refractivity contribution in [2.24, 2.45) is 5.92 Å². The molecule has 0 radical (unpaired) electrons. The normalized spacial score (nSPS) is 14.3. The molecule has 18 heavy (non-hydrogen) atoms. The van der Waals surface area contributed by atoms with Crippen LogP contribution in [0.4, 0.5) is 0 Å². The molecule has 2 atom stereocenters. The highest BCUT2D eigenvalue weighted by atomic mass is 16.5. The molecule has 0 fully saturated rings. The lowest BCUT2D eigenvalue weighted by atomic mass is 9.84. The Kier molecular flexibility index (Phi) is 6.20. The van der Waals surface area contributed by atoms with E-state index in [0.29, 0.717) is 11.8 Å². The van der Waals surface area contributed by atoms with Gasteiger partial charge in [0.05, 0.1) is 7.11 Å². The molecule has 0 aliphatic rings. The van der Waals surface area contributed by atoms with Gasteiger partial charge in [-0.15, -0.1) is 0 Å². The van der Waals surface area contributed by atoms with Crippen molar-refractivity contribution in [2.45, 2.75) is 39.5 Å². The van der Waals surface area contributed by atoms with E-state index in [1.807, 2.05) is 7.05 Å². The number of benzene rings is 1. The van der Waals surface area contributed by atoms with Crippen LogP contribution in [0.3, 0.4) is 0 Å². The van der Waals surface area contributed by atoms with E-state index in [-0.39, 0.29) is 0 Å². The van der Waals surface area contributed by atoms with Crippen molar-refractivity contribution in [3.05, 3.63) is 29.3 Å². The van der Waals surface area contributed by atoms with Crippen LogP contribution < -0.4 is 10.1 Å². The van der Waals surface area contributed by atoms with Gasteiger partial charge in [0.1, 0.15) is 5.75 Å². The fraction of sp³-hybridized carbons (Fsp3) is 0.625. The Morgan fingerprint density at radius 1 is 1.33 bits per heavy atom. The van der Waals surface area contributed by atoms with Crippen LogP contribution in [-0.2, 0) is 0 Å². The van der Waals surface area contributed by atoms with Crippen molar-refractivity contribution in [2.75, 3.05) is 20.7 Å². The standard InChI is InChI=1S/C16H27NO/c1-6-7-12(2)15(11-17-4)14-9-8-13(3)16(10-14)18-5/h8-10,12,15,17H,6-7,11H2,1-5H3. The summed E-state index contributed by atoms with van der Waals surface area (Å²) in [5, 5.41) is 3.32. The fourth-order valence-electron chi connectivity index (χ4n) is 2.59. The van der Waals surface area contributed by atoms with Crippen LogP contribution in [0.25, 0.3) is 0 Å². The molecule has 0 saturated carbocycles. The molecule has 0 amide bonds. The van der Waals surface area contributed by atoms with Crippen molar-refractivity contribution in [3.63, 3.8) is 0 Å². The third-order valence-electron chi connectivity index (χ3n) is 3.72. The summed E-state index contributed by atoms with van der Waals surface area (Å²) in [7, 11) is 3.77. The third kappa shape index (κ3) is 3.74. The van der Waals surface area contributed by atoms with E-state index in [9.17, 15) is 0 Å². The highest BCUT2D eigenvalue weighted by Crippen LogP contribution is 2.31. The molecule has 0 saturated heterocycles. The van der Waals surface area contributed by atoms with Gasteiger partial charge in [0.2, 0.25) is 0 Å². The predicted octanol–water partition coefficient (Wildman–Crippen LogP) is 3.74. The summed E-state index contributed by atoms with van der Waals surface area (Å²) in [4.78, 5) is 0. The number of rotatable bonds is 7. The molecule has 2 unspecified atom stereocenters. The van der Waals surface area contributed by atoms with Crippen molar-refractivity contribution in [1.82, 2.24) is 5.32 Å². The van der Waals surface area contributed by atoms with E-state index in [0.717, 1.165) is 12.3 Å². The van der Waals surface area contributed by atoms with E-state index in [2.05, 4.69) is 44.3 Å². The summed E-state index contributed by atoms with van der Waals surface area (Å²) in [5.74, 6) is 2.25. The van der Waals surface area contributed by atoms with E-state index in [1.54, 1.807) is 7.11 Å². The maximum absolute atomic E-state index is 5.43. The number of hydrogen-bond donors (Lipinski definition) is 1. The van der Waals surface area contributed by atoms with Gasteiger partial charge in [-0.25, -0.2) is 0 Å². The predicted molar refractivity (Wildman–Crippen MR) is 78.5 cm³/mol. The molecule has 0 aliphatic heterocycles. The molecule has 0 spiro atoms. The van der Waals surface area contributed by atoms with Gasteiger partial charge in [0, 0.05) is 6.54 Å². The van der Waals surface area contributed by atoms with Gasteiger partial charge < -0.3 is 10.1 Å². The fourth-order valence-corrected chi connectivity index (χ4v) is 2.59. The lowest BCUT2D eigenvalue weighted by molar-refractivity contribution is 0.399. The molecule has 1 aromatic rings. The average Bonchev–Trinajstić information content (AvgIpc) is 2.37. The SMILES string of the molecule is CCCC(C)C(CNC)c1ccc(C)c(OC)c1. The molecule has 0 aromatic heterocycles. The molecule has 2 nitrogen and oxygen atoms in total. The number of hydrogen-bond acceptors (Lipinski definition) is 2. The minimum atomic E-state index is 0.560. The number of ether oxygens (including phenoxy) is 1. The van der Waals surface area contributed by atoms with Gasteiger partial charge in [0.15, 0.2) is 0 Å². The molecule has 0 aliphatic carbocycles. The van der Waals surface area contributed by atoms with Gasteiger partial charge in [-0.2, -0.15) is 0 Å². The lowest BCUT2D eigenvalue weighted by Crippen LogP contribution is -2.22. The molecular formula is C16H27NO. The Balaban J connectivity index is 2.97. The minimum absolute atomic E-state index is 0.560. The zero-order chi connectivity index (χ0) is 13.5. The number of likely N-dealkylation sites (N-methyl/N-ethyl adjacent to an activating group) is 1. The van der Waals surface area contributed by atoms with Crippen molar-refractivity contribution < 1.29 is 4.74 Å². The van der Waals surface area contributed by atoms with Gasteiger partial charge in [-0.05, 0) is 43.0 Å². The smallest absolute Gasteiger partial charge is 0.122 e. The quantitative estimate of drug-likeness (QED) is 0.795. The van der Waals surface area contributed by atoms with Crippen LogP contribution in [0.2, 0.25) is 0 Å². The second-order valence-corrected chi connectivity index (χ2v) is 5.16. The Hall–Kier alpha value is -1.02. The Morgan fingerprint density at radius 3 is 2.61 bits per heavy atom. The lowest BCUT2D eigenvalue weighted by Gasteiger charge is -2.24. The first-order valence-electron chi connectivity index (χ1n) is 6.93. The maximum atomic E-state index is 5.43. The Bertz CT molecular complexity index is 362. The molecule has 1 aromatic carbocycles. The zero-order valence-electron chi connectivity index (χ0n) is 12.4. The molecule has 1 N–H and O–H groups in total. The number of nitrogens with one attached hydrogen (secondary N) is 1. The molecule has 102 valence electrons. The minimum Gasteiger partial charge on any atom is -0.496 e. The van der Waals surface area contributed by atoms with Gasteiger partial charge in [0.25, 0.3) is 0 Å². The molecule has 2 heteroatoms. The molecule has 0 bridgehead atoms. The monoisotopic (exact) mass is 249 g/mol. The van der Waals surface area contributed by atoms with Gasteiger partial charge in [-0.3, -0.25) is 0 Å². The van der Waals surface area contributed by atoms with E-state index in [4.69, 9.17) is 4.74 Å². The summed E-state index contributed by atoms with van der Waals surface area (Å²) in [5.41, 5.74) is 2.58. The first-order valence-corrected chi connectivity index (χ1v) is 6.93. The van der Waals surface area contributed by atoms with Crippen molar-refractivity contribution in [1.29, 1.82) is 0 Å². The first-order chi connectivity index (χ1) is 8.63. The topological polar surface area (TPSA) is 21.3 Å². The van der Waals surface area contributed by atoms with Crippen LogP contribution in [-0.4, -0.2) is 20.7 Å². The Labute approximate surface area is 112 Å². The van der Waals surface area contributed by atoms with Crippen LogP contribution in [0, 0.1) is 12.8 Å². The first kappa shape index (κ1) is 15.0. The third-order valence-corrected chi connectivity index (χ3v) is 3.72. The van der Waals surface area contributed by atoms with E-state index < -0.39 is 0 Å². The van der Waals surface area contributed by atoms with Crippen LogP contribution in [0.5, 0.6) is 5.75 Å². The van der Waals surface area contributed by atoms with Crippen LogP contribution in [0.15, 0.2) is 18.2 Å². The van der Waals surface area contributed by atoms with Crippen LogP contribution >= 0.6 is 0 Å². The van der Waals surface area contributed by atoms with Crippen molar-refractivity contribution >= 4 is 0 Å². The largest absolute Gasteiger partial charge is 0.496 e. The van der Waals surface area contributed by atoms with Crippen LogP contribution in [0.1, 0.15) is 43.7 Å². The molecule has 1 rings (SSSR count). The maximum Gasteiger partial charge on any atom is 0.122 e. The highest BCUT2D eigenvalue weighted by Gasteiger charge is 2.19. The number of aryl methyl sites for hydroxylation is 1. The highest BCUT2D eigenvalue weighted by molar-refractivity contribution is 5.38. The van der Waals surface area contributed by atoms with Gasteiger partial charge in [-0.1, -0.05) is 38.8 Å². The summed E-state index contributed by atoms with van der Waals surface area (Å²) in [6, 6.07) is 6.60. The summed E-state index contributed by atoms with van der Waals surface area (Å²) < 4.78 is 5.43. The van der Waals surface area contributed by atoms with Gasteiger partial charge >= 0.3 is 0 Å². The number of methoxy groups -OCH3 is 1. The Morgan fingerprint density at radius 2 is 2.06 bits per heavy atom. The summed E-state index contributed by atoms with van der Waals surface area (Å²) >= 11 is 0. The second kappa shape index (κ2) is 7.42. The molecule has 0 heterocycles.